The smallest absolute Gasteiger partial charge is 0.130 e. The fraction of sp³-hybridized carbons (Fsp3) is 0.429. The molecule has 0 radical (unpaired) electrons. The van der Waals surface area contributed by atoms with Crippen molar-refractivity contribution in [3.05, 3.63) is 47.5 Å². The summed E-state index contributed by atoms with van der Waals surface area (Å²) >= 11 is 0. The van der Waals surface area contributed by atoms with Crippen LogP contribution >= 0.6 is 0 Å². The van der Waals surface area contributed by atoms with E-state index in [1.807, 2.05) is 6.08 Å². The third-order valence-corrected chi connectivity index (χ3v) is 2.45. The first kappa shape index (κ1) is 10.3. The zero-order valence-corrected chi connectivity index (χ0v) is 9.71. The van der Waals surface area contributed by atoms with Gasteiger partial charge in [-0.2, -0.15) is 0 Å². The minimum absolute atomic E-state index is 0.280. The highest BCUT2D eigenvalue weighted by molar-refractivity contribution is 5.41. The molecule has 0 N–H and O–H groups in total. The lowest BCUT2D eigenvalue weighted by molar-refractivity contribution is 0.249. The minimum Gasteiger partial charge on any atom is -0.461 e. The van der Waals surface area contributed by atoms with Gasteiger partial charge in [-0.1, -0.05) is 39.0 Å². The van der Waals surface area contributed by atoms with Crippen molar-refractivity contribution in [2.75, 3.05) is 0 Å². The summed E-state index contributed by atoms with van der Waals surface area (Å²) in [7, 11) is 0. The van der Waals surface area contributed by atoms with Crippen molar-refractivity contribution < 1.29 is 4.74 Å². The zero-order chi connectivity index (χ0) is 10.9. The van der Waals surface area contributed by atoms with Crippen LogP contribution in [-0.4, -0.2) is 0 Å². The van der Waals surface area contributed by atoms with Crippen molar-refractivity contribution in [1.82, 2.24) is 0 Å². The van der Waals surface area contributed by atoms with E-state index < -0.39 is 0 Å². The van der Waals surface area contributed by atoms with Crippen molar-refractivity contribution in [1.29, 1.82) is 0 Å². The summed E-state index contributed by atoms with van der Waals surface area (Å²) in [4.78, 5) is 0. The molecule has 0 saturated heterocycles. The van der Waals surface area contributed by atoms with Crippen molar-refractivity contribution in [3.8, 4) is 0 Å². The van der Waals surface area contributed by atoms with Gasteiger partial charge in [0.25, 0.3) is 0 Å². The van der Waals surface area contributed by atoms with E-state index in [-0.39, 0.29) is 5.41 Å². The molecular weight excluding hydrogens is 184 g/mol. The molecule has 1 aliphatic heterocycles. The van der Waals surface area contributed by atoms with E-state index in [9.17, 15) is 0 Å². The Morgan fingerprint density at radius 3 is 2.73 bits per heavy atom. The summed E-state index contributed by atoms with van der Waals surface area (Å²) in [6.07, 6.45) is 12.5. The molecule has 2 rings (SSSR count). The van der Waals surface area contributed by atoms with Crippen molar-refractivity contribution >= 4 is 0 Å². The van der Waals surface area contributed by atoms with Gasteiger partial charge in [0.05, 0.1) is 0 Å². The van der Waals surface area contributed by atoms with Crippen LogP contribution in [0.2, 0.25) is 0 Å². The normalized spacial score (nSPS) is 19.8. The predicted molar refractivity (Wildman–Crippen MR) is 63.2 cm³/mol. The first-order valence-corrected chi connectivity index (χ1v) is 5.49. The first-order chi connectivity index (χ1) is 7.04. The predicted octanol–water partition coefficient (Wildman–Crippen LogP) is 4.11. The van der Waals surface area contributed by atoms with Gasteiger partial charge in [-0.25, -0.2) is 0 Å². The maximum Gasteiger partial charge on any atom is 0.130 e. The summed E-state index contributed by atoms with van der Waals surface area (Å²) in [5.41, 5.74) is 1.57. The topological polar surface area (TPSA) is 9.23 Å². The Kier molecular flexibility index (Phi) is 2.56. The maximum absolute atomic E-state index is 5.87. The second kappa shape index (κ2) is 3.73. The molecule has 0 aromatic carbocycles. The molecule has 15 heavy (non-hydrogen) atoms. The van der Waals surface area contributed by atoms with Crippen LogP contribution < -0.4 is 0 Å². The van der Waals surface area contributed by atoms with Crippen LogP contribution in [0.5, 0.6) is 0 Å². The summed E-state index contributed by atoms with van der Waals surface area (Å²) < 4.78 is 5.87. The quantitative estimate of drug-likeness (QED) is 0.622. The third-order valence-electron chi connectivity index (χ3n) is 2.45. The molecule has 0 fully saturated rings. The minimum atomic E-state index is 0.280. The van der Waals surface area contributed by atoms with E-state index in [0.29, 0.717) is 0 Å². The van der Waals surface area contributed by atoms with Gasteiger partial charge >= 0.3 is 0 Å². The summed E-state index contributed by atoms with van der Waals surface area (Å²) in [6, 6.07) is 0. The molecule has 80 valence electrons. The third kappa shape index (κ3) is 2.62. The monoisotopic (exact) mass is 202 g/mol. The fourth-order valence-corrected chi connectivity index (χ4v) is 1.79. The molecule has 1 aliphatic carbocycles. The zero-order valence-electron chi connectivity index (χ0n) is 9.71. The number of fused-ring (bicyclic) bond motifs is 1. The Labute approximate surface area is 91.8 Å². The lowest BCUT2D eigenvalue weighted by Gasteiger charge is -2.25. The van der Waals surface area contributed by atoms with E-state index in [0.717, 1.165) is 24.4 Å². The van der Waals surface area contributed by atoms with Gasteiger partial charge in [0.2, 0.25) is 0 Å². The summed E-state index contributed by atoms with van der Waals surface area (Å²) in [5, 5.41) is 0. The van der Waals surface area contributed by atoms with Crippen LogP contribution in [0, 0.1) is 5.41 Å². The van der Waals surface area contributed by atoms with Crippen LogP contribution in [0.4, 0.5) is 0 Å². The average molecular weight is 202 g/mol. The molecule has 1 nitrogen and oxygen atoms in total. The fourth-order valence-electron chi connectivity index (χ4n) is 1.79. The largest absolute Gasteiger partial charge is 0.461 e. The molecule has 0 amide bonds. The molecule has 2 aliphatic rings. The number of allylic oxidation sites excluding steroid dienone is 7. The molecule has 0 aromatic rings. The Balaban J connectivity index is 2.13. The standard InChI is InChI=1S/C14H18O/c1-14(2,3)10-12-9-8-11-6-4-5-7-13(11)15-12/h4-5,7-9H,6,10H2,1-3H3. The molecule has 0 aromatic heterocycles. The molecule has 0 unspecified atom stereocenters. The lowest BCUT2D eigenvalue weighted by atomic mass is 9.90. The highest BCUT2D eigenvalue weighted by atomic mass is 16.5. The Bertz CT molecular complexity index is 373. The van der Waals surface area contributed by atoms with E-state index >= 15 is 0 Å². The van der Waals surface area contributed by atoms with E-state index in [1.165, 1.54) is 5.57 Å². The van der Waals surface area contributed by atoms with Crippen LogP contribution in [0.15, 0.2) is 47.5 Å². The van der Waals surface area contributed by atoms with Crippen LogP contribution in [-0.2, 0) is 4.74 Å². The van der Waals surface area contributed by atoms with Gasteiger partial charge in [0.15, 0.2) is 0 Å². The van der Waals surface area contributed by atoms with E-state index in [4.69, 9.17) is 4.74 Å². The van der Waals surface area contributed by atoms with Crippen LogP contribution in [0.1, 0.15) is 33.6 Å². The van der Waals surface area contributed by atoms with Gasteiger partial charge in [-0.05, 0) is 29.6 Å². The van der Waals surface area contributed by atoms with Crippen molar-refractivity contribution in [3.63, 3.8) is 0 Å². The van der Waals surface area contributed by atoms with Crippen molar-refractivity contribution in [2.24, 2.45) is 5.41 Å². The molecule has 0 spiro atoms. The molecule has 1 heterocycles. The van der Waals surface area contributed by atoms with Crippen molar-refractivity contribution in [2.45, 2.75) is 33.6 Å². The van der Waals surface area contributed by atoms with E-state index in [2.05, 4.69) is 45.1 Å². The van der Waals surface area contributed by atoms with Crippen LogP contribution in [0.3, 0.4) is 0 Å². The van der Waals surface area contributed by atoms with Gasteiger partial charge in [0, 0.05) is 6.42 Å². The molecular formula is C14H18O. The molecule has 0 saturated carbocycles. The molecule has 0 atom stereocenters. The number of ether oxygens (including phenoxy) is 1. The number of rotatable bonds is 1. The highest BCUT2D eigenvalue weighted by Crippen LogP contribution is 2.32. The van der Waals surface area contributed by atoms with Gasteiger partial charge < -0.3 is 4.74 Å². The summed E-state index contributed by atoms with van der Waals surface area (Å²) in [6.45, 7) is 6.68. The van der Waals surface area contributed by atoms with Gasteiger partial charge in [-0.3, -0.25) is 0 Å². The maximum atomic E-state index is 5.87. The van der Waals surface area contributed by atoms with Gasteiger partial charge in [-0.15, -0.1) is 0 Å². The van der Waals surface area contributed by atoms with Gasteiger partial charge in [0.1, 0.15) is 11.5 Å². The van der Waals surface area contributed by atoms with Crippen LogP contribution in [0.25, 0.3) is 0 Å². The Morgan fingerprint density at radius 1 is 1.20 bits per heavy atom. The Hall–Kier alpha value is -1.24. The number of hydrogen-bond acceptors (Lipinski definition) is 1. The molecule has 0 bridgehead atoms. The molecule has 1 heteroatoms. The highest BCUT2D eigenvalue weighted by Gasteiger charge is 2.19. The SMILES string of the molecule is CC(C)(C)CC1=CC=C2CC=CC=C2O1. The number of hydrogen-bond donors (Lipinski definition) is 0. The second-order valence-electron chi connectivity index (χ2n) is 5.33. The summed E-state index contributed by atoms with van der Waals surface area (Å²) in [5.74, 6) is 2.10. The van der Waals surface area contributed by atoms with E-state index in [1.54, 1.807) is 0 Å². The average Bonchev–Trinajstić information content (AvgIpc) is 2.15. The first-order valence-electron chi connectivity index (χ1n) is 5.49. The lowest BCUT2D eigenvalue weighted by Crippen LogP contribution is -2.11. The Morgan fingerprint density at radius 2 is 2.00 bits per heavy atom. The second-order valence-corrected chi connectivity index (χ2v) is 5.33.